The molecule has 3 aliphatic rings. The van der Waals surface area contributed by atoms with Crippen LogP contribution in [0.1, 0.15) is 18.4 Å². The molecule has 120 valence electrons. The minimum absolute atomic E-state index is 0.0867. The minimum atomic E-state index is -3.07. The van der Waals surface area contributed by atoms with Gasteiger partial charge in [-0.1, -0.05) is 0 Å². The van der Waals surface area contributed by atoms with E-state index in [4.69, 9.17) is 4.42 Å². The molecular formula is C15H20N2O4S. The Hall–Kier alpha value is -1.34. The summed E-state index contributed by atoms with van der Waals surface area (Å²) in [5.41, 5.74) is 1.05. The van der Waals surface area contributed by atoms with Gasteiger partial charge in [0.05, 0.1) is 30.1 Å². The summed E-state index contributed by atoms with van der Waals surface area (Å²) in [6.45, 7) is 2.03. The van der Waals surface area contributed by atoms with Crippen molar-refractivity contribution >= 4 is 15.7 Å². The summed E-state index contributed by atoms with van der Waals surface area (Å²) in [5.74, 6) is 0.571. The van der Waals surface area contributed by atoms with E-state index < -0.39 is 9.84 Å². The Labute approximate surface area is 130 Å². The van der Waals surface area contributed by atoms with Crippen LogP contribution in [0.5, 0.6) is 0 Å². The Morgan fingerprint density at radius 2 is 2.00 bits per heavy atom. The summed E-state index contributed by atoms with van der Waals surface area (Å²) in [7, 11) is -3.07. The fourth-order valence-electron chi connectivity index (χ4n) is 3.68. The normalized spacial score (nSPS) is 31.2. The lowest BCUT2D eigenvalue weighted by Crippen LogP contribution is -2.60. The molecule has 0 radical (unpaired) electrons. The lowest BCUT2D eigenvalue weighted by atomic mass is 10.0. The van der Waals surface area contributed by atoms with Crippen LogP contribution in [0.15, 0.2) is 23.0 Å². The Bertz CT molecular complexity index is 666. The van der Waals surface area contributed by atoms with Crippen molar-refractivity contribution in [2.75, 3.05) is 24.6 Å². The van der Waals surface area contributed by atoms with Crippen molar-refractivity contribution in [3.63, 3.8) is 0 Å². The molecule has 22 heavy (non-hydrogen) atoms. The highest BCUT2D eigenvalue weighted by atomic mass is 32.2. The molecule has 4 rings (SSSR count). The highest BCUT2D eigenvalue weighted by molar-refractivity contribution is 7.91. The second kappa shape index (κ2) is 5.09. The third-order valence-electron chi connectivity index (χ3n) is 4.97. The number of rotatable bonds is 3. The zero-order valence-electron chi connectivity index (χ0n) is 12.3. The fraction of sp³-hybridized carbons (Fsp3) is 0.667. The second-order valence-electron chi connectivity index (χ2n) is 6.62. The van der Waals surface area contributed by atoms with E-state index in [0.717, 1.165) is 24.9 Å². The Kier molecular flexibility index (Phi) is 3.30. The summed E-state index contributed by atoms with van der Waals surface area (Å²) in [6.07, 6.45) is 5.24. The maximum absolute atomic E-state index is 12.4. The van der Waals surface area contributed by atoms with Gasteiger partial charge in [-0.05, 0) is 18.9 Å². The first kappa shape index (κ1) is 14.3. The lowest BCUT2D eigenvalue weighted by Gasteiger charge is -2.44. The summed E-state index contributed by atoms with van der Waals surface area (Å²) in [5, 5.41) is 0. The largest absolute Gasteiger partial charge is 0.472 e. The SMILES string of the molecule is O=C(C1CC1)N1CCN(Cc2ccoc2)[C@H]2CS(=O)(=O)C[C@H]21. The number of sulfone groups is 1. The molecule has 3 fully saturated rings. The molecule has 2 atom stereocenters. The first-order valence-corrected chi connectivity index (χ1v) is 9.62. The van der Waals surface area contributed by atoms with Crippen molar-refractivity contribution in [2.24, 2.45) is 5.92 Å². The van der Waals surface area contributed by atoms with E-state index in [0.29, 0.717) is 13.1 Å². The maximum atomic E-state index is 12.4. The number of furan rings is 1. The van der Waals surface area contributed by atoms with E-state index in [1.165, 1.54) is 0 Å². The minimum Gasteiger partial charge on any atom is -0.472 e. The first-order valence-electron chi connectivity index (χ1n) is 7.79. The molecule has 1 aromatic rings. The van der Waals surface area contributed by atoms with Crippen LogP contribution < -0.4 is 0 Å². The van der Waals surface area contributed by atoms with Crippen LogP contribution in [0.3, 0.4) is 0 Å². The van der Waals surface area contributed by atoms with Crippen molar-refractivity contribution in [1.82, 2.24) is 9.80 Å². The van der Waals surface area contributed by atoms with Crippen LogP contribution in [0.4, 0.5) is 0 Å². The maximum Gasteiger partial charge on any atom is 0.226 e. The average Bonchev–Trinajstić information content (AvgIpc) is 3.09. The van der Waals surface area contributed by atoms with Crippen LogP contribution in [-0.4, -0.2) is 60.8 Å². The molecule has 0 bridgehead atoms. The number of nitrogens with zero attached hydrogens (tertiary/aromatic N) is 2. The summed E-state index contributed by atoms with van der Waals surface area (Å²) in [4.78, 5) is 16.5. The zero-order chi connectivity index (χ0) is 15.3. The van der Waals surface area contributed by atoms with E-state index in [1.54, 1.807) is 12.5 Å². The lowest BCUT2D eigenvalue weighted by molar-refractivity contribution is -0.138. The van der Waals surface area contributed by atoms with Gasteiger partial charge in [0.15, 0.2) is 9.84 Å². The van der Waals surface area contributed by atoms with E-state index in [2.05, 4.69) is 4.90 Å². The number of fused-ring (bicyclic) bond motifs is 1. The zero-order valence-corrected chi connectivity index (χ0v) is 13.2. The van der Waals surface area contributed by atoms with Crippen LogP contribution in [-0.2, 0) is 21.2 Å². The van der Waals surface area contributed by atoms with Crippen LogP contribution in [0, 0.1) is 5.92 Å². The van der Waals surface area contributed by atoms with Gasteiger partial charge in [-0.25, -0.2) is 8.42 Å². The highest BCUT2D eigenvalue weighted by Crippen LogP contribution is 2.35. The predicted molar refractivity (Wildman–Crippen MR) is 79.8 cm³/mol. The molecule has 2 aliphatic heterocycles. The number of hydrogen-bond donors (Lipinski definition) is 0. The van der Waals surface area contributed by atoms with Crippen molar-refractivity contribution in [1.29, 1.82) is 0 Å². The van der Waals surface area contributed by atoms with Crippen molar-refractivity contribution < 1.29 is 17.6 Å². The quantitative estimate of drug-likeness (QED) is 0.810. The number of amides is 1. The number of carbonyl (C=O) groups excluding carboxylic acids is 1. The molecular weight excluding hydrogens is 304 g/mol. The third kappa shape index (κ3) is 2.56. The molecule has 0 aromatic carbocycles. The Morgan fingerprint density at radius 1 is 1.23 bits per heavy atom. The van der Waals surface area contributed by atoms with Gasteiger partial charge in [0.2, 0.25) is 5.91 Å². The number of carbonyl (C=O) groups is 1. The summed E-state index contributed by atoms with van der Waals surface area (Å²) in [6, 6.07) is 1.63. The van der Waals surface area contributed by atoms with E-state index >= 15 is 0 Å². The first-order chi connectivity index (χ1) is 10.5. The van der Waals surface area contributed by atoms with Gasteiger partial charge in [-0.15, -0.1) is 0 Å². The number of hydrogen-bond acceptors (Lipinski definition) is 5. The van der Waals surface area contributed by atoms with Crippen molar-refractivity contribution in [3.8, 4) is 0 Å². The van der Waals surface area contributed by atoms with Crippen molar-refractivity contribution in [3.05, 3.63) is 24.2 Å². The van der Waals surface area contributed by atoms with Gasteiger partial charge in [-0.2, -0.15) is 0 Å². The molecule has 1 amide bonds. The van der Waals surface area contributed by atoms with Crippen LogP contribution in [0.25, 0.3) is 0 Å². The number of piperazine rings is 1. The summed E-state index contributed by atoms with van der Waals surface area (Å²) < 4.78 is 29.3. The van der Waals surface area contributed by atoms with Gasteiger partial charge in [0.25, 0.3) is 0 Å². The molecule has 7 heteroatoms. The molecule has 3 heterocycles. The summed E-state index contributed by atoms with van der Waals surface area (Å²) >= 11 is 0. The molecule has 6 nitrogen and oxygen atoms in total. The topological polar surface area (TPSA) is 70.8 Å². The van der Waals surface area contributed by atoms with Gasteiger partial charge in [0, 0.05) is 37.2 Å². The van der Waals surface area contributed by atoms with Crippen LogP contribution in [0.2, 0.25) is 0 Å². The Balaban J connectivity index is 1.56. The molecule has 2 saturated heterocycles. The standard InChI is InChI=1S/C15H20N2O4S/c18-15(12-1-2-12)17-5-4-16(7-11-3-6-21-8-11)13-9-22(19,20)10-14(13)17/h3,6,8,12-14H,1-2,4-5,7,9-10H2/t13-,14+/m0/s1. The third-order valence-corrected chi connectivity index (χ3v) is 6.67. The predicted octanol–water partition coefficient (Wildman–Crippen LogP) is 0.499. The van der Waals surface area contributed by atoms with E-state index in [-0.39, 0.29) is 35.4 Å². The molecule has 0 N–H and O–H groups in total. The van der Waals surface area contributed by atoms with Gasteiger partial charge >= 0.3 is 0 Å². The molecule has 1 saturated carbocycles. The smallest absolute Gasteiger partial charge is 0.226 e. The molecule has 1 aliphatic carbocycles. The molecule has 0 unspecified atom stereocenters. The van der Waals surface area contributed by atoms with Gasteiger partial charge in [-0.3, -0.25) is 9.69 Å². The monoisotopic (exact) mass is 324 g/mol. The van der Waals surface area contributed by atoms with E-state index in [1.807, 2.05) is 11.0 Å². The van der Waals surface area contributed by atoms with Crippen molar-refractivity contribution in [2.45, 2.75) is 31.5 Å². The Morgan fingerprint density at radius 3 is 2.68 bits per heavy atom. The van der Waals surface area contributed by atoms with Crippen LogP contribution >= 0.6 is 0 Å². The highest BCUT2D eigenvalue weighted by Gasteiger charge is 2.49. The molecule has 1 aromatic heterocycles. The molecule has 0 spiro atoms. The van der Waals surface area contributed by atoms with E-state index in [9.17, 15) is 13.2 Å². The second-order valence-corrected chi connectivity index (χ2v) is 8.77. The van der Waals surface area contributed by atoms with Gasteiger partial charge < -0.3 is 9.32 Å². The average molecular weight is 324 g/mol. The fourth-order valence-corrected chi connectivity index (χ4v) is 5.69. The van der Waals surface area contributed by atoms with Gasteiger partial charge in [0.1, 0.15) is 0 Å².